The van der Waals surface area contributed by atoms with Gasteiger partial charge in [0, 0.05) is 23.9 Å². The summed E-state index contributed by atoms with van der Waals surface area (Å²) in [6.45, 7) is 3.67. The standard InChI is InChI=1S/C19H21N5O2S/c1-10-7-8-14(25)11(2)16(10)21-18(26)15-9-20-19(27-15)22-17-12-5-4-6-13(12)24(3)23-17/h7-9,25H,4-6H2,1-3H3,(H,21,26)(H,20,22,23). The Hall–Kier alpha value is -2.87. The molecule has 0 saturated carbocycles. The minimum atomic E-state index is -0.247. The van der Waals surface area contributed by atoms with Crippen molar-refractivity contribution >= 4 is 33.9 Å². The first-order valence-corrected chi connectivity index (χ1v) is 9.64. The Morgan fingerprint density at radius 2 is 2.11 bits per heavy atom. The summed E-state index contributed by atoms with van der Waals surface area (Å²) in [5.74, 6) is 0.737. The van der Waals surface area contributed by atoms with E-state index in [-0.39, 0.29) is 11.7 Å². The van der Waals surface area contributed by atoms with Crippen LogP contribution in [0.4, 0.5) is 16.6 Å². The van der Waals surface area contributed by atoms with E-state index >= 15 is 0 Å². The minimum Gasteiger partial charge on any atom is -0.508 e. The fourth-order valence-electron chi connectivity index (χ4n) is 3.45. The molecule has 1 aliphatic carbocycles. The number of anilines is 3. The van der Waals surface area contributed by atoms with Crippen LogP contribution in [0, 0.1) is 13.8 Å². The van der Waals surface area contributed by atoms with Crippen molar-refractivity contribution in [1.82, 2.24) is 14.8 Å². The van der Waals surface area contributed by atoms with E-state index in [0.717, 1.165) is 30.6 Å². The number of carbonyl (C=O) groups excluding carboxylic acids is 1. The topological polar surface area (TPSA) is 92.1 Å². The number of hydrogen-bond donors (Lipinski definition) is 3. The fraction of sp³-hybridized carbons (Fsp3) is 0.316. The van der Waals surface area contributed by atoms with Gasteiger partial charge in [0.25, 0.3) is 5.91 Å². The zero-order valence-electron chi connectivity index (χ0n) is 15.5. The summed E-state index contributed by atoms with van der Waals surface area (Å²) in [7, 11) is 1.95. The van der Waals surface area contributed by atoms with Gasteiger partial charge in [0.15, 0.2) is 10.9 Å². The van der Waals surface area contributed by atoms with Gasteiger partial charge in [0.2, 0.25) is 0 Å². The number of phenols is 1. The van der Waals surface area contributed by atoms with Crippen LogP contribution in [0.3, 0.4) is 0 Å². The SMILES string of the molecule is Cc1ccc(O)c(C)c1NC(=O)c1cnc(Nc2nn(C)c3c2CCC3)s1. The Bertz CT molecular complexity index is 1040. The zero-order chi connectivity index (χ0) is 19.1. The number of benzene rings is 1. The van der Waals surface area contributed by atoms with E-state index in [9.17, 15) is 9.90 Å². The summed E-state index contributed by atoms with van der Waals surface area (Å²) in [6.07, 6.45) is 4.76. The van der Waals surface area contributed by atoms with Crippen molar-refractivity contribution in [3.05, 3.63) is 45.6 Å². The molecule has 2 aromatic heterocycles. The molecule has 7 nitrogen and oxygen atoms in total. The van der Waals surface area contributed by atoms with Gasteiger partial charge < -0.3 is 15.7 Å². The molecule has 140 valence electrons. The minimum absolute atomic E-state index is 0.159. The highest BCUT2D eigenvalue weighted by atomic mass is 32.1. The Balaban J connectivity index is 1.52. The van der Waals surface area contributed by atoms with Crippen molar-refractivity contribution in [2.45, 2.75) is 33.1 Å². The highest BCUT2D eigenvalue weighted by molar-refractivity contribution is 7.17. The molecule has 3 N–H and O–H groups in total. The first kappa shape index (κ1) is 17.5. The number of nitrogens with one attached hydrogen (secondary N) is 2. The Kier molecular flexibility index (Phi) is 4.35. The highest BCUT2D eigenvalue weighted by Gasteiger charge is 2.22. The van der Waals surface area contributed by atoms with Crippen LogP contribution in [0.25, 0.3) is 0 Å². The molecule has 0 saturated heterocycles. The predicted molar refractivity (Wildman–Crippen MR) is 106 cm³/mol. The normalized spacial score (nSPS) is 12.9. The van der Waals surface area contributed by atoms with E-state index in [4.69, 9.17) is 0 Å². The van der Waals surface area contributed by atoms with Crippen molar-refractivity contribution in [3.8, 4) is 5.75 Å². The molecule has 1 amide bonds. The van der Waals surface area contributed by atoms with Gasteiger partial charge in [-0.1, -0.05) is 17.4 Å². The maximum atomic E-state index is 12.6. The van der Waals surface area contributed by atoms with Crippen LogP contribution in [-0.2, 0) is 19.9 Å². The fourth-order valence-corrected chi connectivity index (χ4v) is 4.16. The third kappa shape index (κ3) is 3.16. The van der Waals surface area contributed by atoms with E-state index in [1.54, 1.807) is 25.3 Å². The predicted octanol–water partition coefficient (Wildman–Crippen LogP) is 3.68. The number of phenolic OH excluding ortho intramolecular Hbond substituents is 1. The average Bonchev–Trinajstić information content (AvgIpc) is 3.35. The molecule has 4 rings (SSSR count). The van der Waals surface area contributed by atoms with E-state index < -0.39 is 0 Å². The number of aromatic hydroxyl groups is 1. The molecule has 0 bridgehead atoms. The van der Waals surface area contributed by atoms with Crippen molar-refractivity contribution < 1.29 is 9.90 Å². The van der Waals surface area contributed by atoms with Crippen LogP contribution in [0.15, 0.2) is 18.3 Å². The van der Waals surface area contributed by atoms with Gasteiger partial charge in [-0.3, -0.25) is 9.48 Å². The summed E-state index contributed by atoms with van der Waals surface area (Å²) in [6, 6.07) is 3.40. The average molecular weight is 383 g/mol. The number of fused-ring (bicyclic) bond motifs is 1. The quantitative estimate of drug-likeness (QED) is 0.639. The third-order valence-corrected chi connectivity index (χ3v) is 5.86. The first-order valence-electron chi connectivity index (χ1n) is 8.82. The van der Waals surface area contributed by atoms with Crippen LogP contribution in [-0.4, -0.2) is 25.8 Å². The van der Waals surface area contributed by atoms with E-state index in [1.807, 2.05) is 18.7 Å². The van der Waals surface area contributed by atoms with Gasteiger partial charge in [-0.05, 0) is 44.7 Å². The molecule has 0 radical (unpaired) electrons. The van der Waals surface area contributed by atoms with Crippen LogP contribution in [0.2, 0.25) is 0 Å². The molecule has 27 heavy (non-hydrogen) atoms. The second-order valence-corrected chi connectivity index (χ2v) is 7.79. The number of rotatable bonds is 4. The number of hydrogen-bond acceptors (Lipinski definition) is 6. The van der Waals surface area contributed by atoms with Crippen molar-refractivity contribution in [1.29, 1.82) is 0 Å². The van der Waals surface area contributed by atoms with Gasteiger partial charge >= 0.3 is 0 Å². The van der Waals surface area contributed by atoms with Crippen molar-refractivity contribution in [2.24, 2.45) is 7.05 Å². The van der Waals surface area contributed by atoms with Gasteiger partial charge in [0.05, 0.1) is 11.9 Å². The lowest BCUT2D eigenvalue weighted by Crippen LogP contribution is -2.12. The van der Waals surface area contributed by atoms with Crippen molar-refractivity contribution in [2.75, 3.05) is 10.6 Å². The second kappa shape index (κ2) is 6.70. The first-order chi connectivity index (χ1) is 12.9. The van der Waals surface area contributed by atoms with Crippen LogP contribution >= 0.6 is 11.3 Å². The number of thiazole rings is 1. The molecule has 3 aromatic rings. The molecule has 0 aliphatic heterocycles. The molecular weight excluding hydrogens is 362 g/mol. The van der Waals surface area contributed by atoms with Gasteiger partial charge in [0.1, 0.15) is 10.6 Å². The molecule has 0 fully saturated rings. The summed E-state index contributed by atoms with van der Waals surface area (Å²) in [5.41, 5.74) is 4.68. The molecule has 1 aromatic carbocycles. The second-order valence-electron chi connectivity index (χ2n) is 6.76. The molecule has 1 aliphatic rings. The molecular formula is C19H21N5O2S. The molecule has 2 heterocycles. The third-order valence-electron chi connectivity index (χ3n) is 4.95. The van der Waals surface area contributed by atoms with E-state index in [1.165, 1.54) is 22.6 Å². The molecule has 8 heteroatoms. The lowest BCUT2D eigenvalue weighted by Gasteiger charge is -2.11. The number of amides is 1. The van der Waals surface area contributed by atoms with Crippen LogP contribution < -0.4 is 10.6 Å². The van der Waals surface area contributed by atoms with E-state index in [2.05, 4.69) is 20.7 Å². The van der Waals surface area contributed by atoms with Gasteiger partial charge in [-0.15, -0.1) is 0 Å². The maximum absolute atomic E-state index is 12.6. The Labute approximate surface area is 161 Å². The molecule has 0 unspecified atom stereocenters. The van der Waals surface area contributed by atoms with Gasteiger partial charge in [-0.25, -0.2) is 4.98 Å². The highest BCUT2D eigenvalue weighted by Crippen LogP contribution is 2.32. The maximum Gasteiger partial charge on any atom is 0.267 e. The van der Waals surface area contributed by atoms with E-state index in [0.29, 0.717) is 21.3 Å². The van der Waals surface area contributed by atoms with Crippen molar-refractivity contribution in [3.63, 3.8) is 0 Å². The zero-order valence-corrected chi connectivity index (χ0v) is 16.3. The summed E-state index contributed by atoms with van der Waals surface area (Å²) in [4.78, 5) is 17.4. The summed E-state index contributed by atoms with van der Waals surface area (Å²) < 4.78 is 1.92. The lowest BCUT2D eigenvalue weighted by atomic mass is 10.1. The lowest BCUT2D eigenvalue weighted by molar-refractivity contribution is 0.103. The number of nitrogens with zero attached hydrogens (tertiary/aromatic N) is 3. The summed E-state index contributed by atoms with van der Waals surface area (Å²) in [5, 5.41) is 21.2. The van der Waals surface area contributed by atoms with Gasteiger partial charge in [-0.2, -0.15) is 5.10 Å². The number of aryl methyl sites for hydroxylation is 2. The number of aromatic nitrogens is 3. The number of carbonyl (C=O) groups is 1. The molecule has 0 spiro atoms. The van der Waals surface area contributed by atoms with Crippen LogP contribution in [0.1, 0.15) is 38.5 Å². The largest absolute Gasteiger partial charge is 0.508 e. The smallest absolute Gasteiger partial charge is 0.267 e. The Morgan fingerprint density at radius 3 is 2.93 bits per heavy atom. The molecule has 0 atom stereocenters. The van der Waals surface area contributed by atoms with Crippen LogP contribution in [0.5, 0.6) is 5.75 Å². The summed E-state index contributed by atoms with van der Waals surface area (Å²) >= 11 is 1.28. The monoisotopic (exact) mass is 383 g/mol. The Morgan fingerprint density at radius 1 is 1.30 bits per heavy atom.